The van der Waals surface area contributed by atoms with Crippen LogP contribution in [0.25, 0.3) is 0 Å². The summed E-state index contributed by atoms with van der Waals surface area (Å²) in [6.45, 7) is 3.62. The first-order chi connectivity index (χ1) is 9.93. The SMILES string of the molecule is CCCNCc1cccc(Br)c1OC1CS(=O)(=O)CC1O. The highest BCUT2D eigenvalue weighted by Crippen LogP contribution is 2.32. The molecule has 5 nitrogen and oxygen atoms in total. The number of rotatable bonds is 6. The number of halogens is 1. The summed E-state index contributed by atoms with van der Waals surface area (Å²) in [5.74, 6) is 0.227. The third-order valence-corrected chi connectivity index (χ3v) is 5.64. The fourth-order valence-electron chi connectivity index (χ4n) is 2.29. The molecule has 1 fully saturated rings. The predicted molar refractivity (Wildman–Crippen MR) is 85.2 cm³/mol. The third kappa shape index (κ3) is 4.42. The van der Waals surface area contributed by atoms with E-state index < -0.39 is 22.0 Å². The summed E-state index contributed by atoms with van der Waals surface area (Å²) in [6.07, 6.45) is -0.652. The second kappa shape index (κ2) is 7.09. The van der Waals surface area contributed by atoms with E-state index in [9.17, 15) is 13.5 Å². The summed E-state index contributed by atoms with van der Waals surface area (Å²) in [5, 5.41) is 13.1. The molecule has 2 unspecified atom stereocenters. The maximum Gasteiger partial charge on any atom is 0.156 e. The van der Waals surface area contributed by atoms with Crippen molar-refractivity contribution in [2.45, 2.75) is 32.1 Å². The lowest BCUT2D eigenvalue weighted by molar-refractivity contribution is 0.0725. The van der Waals surface area contributed by atoms with Gasteiger partial charge in [-0.2, -0.15) is 0 Å². The Morgan fingerprint density at radius 2 is 2.19 bits per heavy atom. The Morgan fingerprint density at radius 1 is 1.43 bits per heavy atom. The van der Waals surface area contributed by atoms with Gasteiger partial charge in [-0.05, 0) is 35.0 Å². The molecule has 1 aliphatic rings. The van der Waals surface area contributed by atoms with Crippen molar-refractivity contribution in [2.75, 3.05) is 18.1 Å². The van der Waals surface area contributed by atoms with Gasteiger partial charge in [-0.15, -0.1) is 0 Å². The zero-order valence-corrected chi connectivity index (χ0v) is 14.3. The fourth-order valence-corrected chi connectivity index (χ4v) is 4.45. The summed E-state index contributed by atoms with van der Waals surface area (Å²) in [7, 11) is -3.22. The zero-order valence-electron chi connectivity index (χ0n) is 11.9. The molecule has 0 saturated carbocycles. The van der Waals surface area contributed by atoms with E-state index in [0.29, 0.717) is 12.3 Å². The molecule has 1 saturated heterocycles. The van der Waals surface area contributed by atoms with Gasteiger partial charge in [0.15, 0.2) is 9.84 Å². The van der Waals surface area contributed by atoms with Crippen molar-refractivity contribution in [1.82, 2.24) is 5.32 Å². The van der Waals surface area contributed by atoms with Crippen LogP contribution in [-0.4, -0.2) is 43.8 Å². The molecule has 0 aromatic heterocycles. The third-order valence-electron chi connectivity index (χ3n) is 3.33. The maximum absolute atomic E-state index is 11.6. The molecule has 1 aliphatic heterocycles. The van der Waals surface area contributed by atoms with Gasteiger partial charge in [-0.1, -0.05) is 19.1 Å². The van der Waals surface area contributed by atoms with Crippen LogP contribution < -0.4 is 10.1 Å². The van der Waals surface area contributed by atoms with E-state index >= 15 is 0 Å². The molecular formula is C14H20BrNO4S. The maximum atomic E-state index is 11.6. The highest BCUT2D eigenvalue weighted by atomic mass is 79.9. The van der Waals surface area contributed by atoms with Gasteiger partial charge in [0.1, 0.15) is 18.0 Å². The van der Waals surface area contributed by atoms with E-state index in [2.05, 4.69) is 28.2 Å². The van der Waals surface area contributed by atoms with Gasteiger partial charge in [0, 0.05) is 12.1 Å². The van der Waals surface area contributed by atoms with Crippen LogP contribution in [0.2, 0.25) is 0 Å². The Kier molecular flexibility index (Phi) is 5.65. The molecule has 0 radical (unpaired) electrons. The van der Waals surface area contributed by atoms with Gasteiger partial charge in [-0.3, -0.25) is 0 Å². The first kappa shape index (κ1) is 16.7. The van der Waals surface area contributed by atoms with Crippen LogP contribution in [0.3, 0.4) is 0 Å². The van der Waals surface area contributed by atoms with Crippen molar-refractivity contribution in [2.24, 2.45) is 0 Å². The highest BCUT2D eigenvalue weighted by molar-refractivity contribution is 9.10. The summed E-state index contributed by atoms with van der Waals surface area (Å²) in [4.78, 5) is 0. The Hall–Kier alpha value is -0.630. The number of ether oxygens (including phenoxy) is 1. The number of hydrogen-bond acceptors (Lipinski definition) is 5. The molecule has 1 aromatic rings. The standard InChI is InChI=1S/C14H20BrNO4S/c1-2-6-16-7-10-4-3-5-11(15)14(10)20-13-9-21(18,19)8-12(13)17/h3-5,12-13,16-17H,2,6-9H2,1H3. The minimum absolute atomic E-state index is 0.142. The minimum Gasteiger partial charge on any atom is -0.485 e. The highest BCUT2D eigenvalue weighted by Gasteiger charge is 2.38. The number of hydrogen-bond donors (Lipinski definition) is 2. The van der Waals surface area contributed by atoms with Crippen LogP contribution in [0.5, 0.6) is 5.75 Å². The summed E-state index contributed by atoms with van der Waals surface area (Å²) >= 11 is 3.43. The van der Waals surface area contributed by atoms with Crippen molar-refractivity contribution in [3.05, 3.63) is 28.2 Å². The van der Waals surface area contributed by atoms with Gasteiger partial charge in [0.2, 0.25) is 0 Å². The van der Waals surface area contributed by atoms with Gasteiger partial charge < -0.3 is 15.2 Å². The average Bonchev–Trinajstić information content (AvgIpc) is 2.66. The molecule has 0 amide bonds. The average molecular weight is 378 g/mol. The van der Waals surface area contributed by atoms with Gasteiger partial charge in [0.05, 0.1) is 16.0 Å². The summed E-state index contributed by atoms with van der Waals surface area (Å²) in [6, 6.07) is 5.68. The molecule has 1 heterocycles. The van der Waals surface area contributed by atoms with Crippen molar-refractivity contribution < 1.29 is 18.3 Å². The van der Waals surface area contributed by atoms with Crippen LogP contribution in [-0.2, 0) is 16.4 Å². The lowest BCUT2D eigenvalue weighted by Crippen LogP contribution is -2.30. The molecule has 2 rings (SSSR count). The van der Waals surface area contributed by atoms with Crippen molar-refractivity contribution >= 4 is 25.8 Å². The molecule has 2 atom stereocenters. The van der Waals surface area contributed by atoms with E-state index in [0.717, 1.165) is 23.0 Å². The molecule has 21 heavy (non-hydrogen) atoms. The van der Waals surface area contributed by atoms with Crippen LogP contribution >= 0.6 is 15.9 Å². The largest absolute Gasteiger partial charge is 0.485 e. The second-order valence-corrected chi connectivity index (χ2v) is 8.21. The molecule has 1 aromatic carbocycles. The van der Waals surface area contributed by atoms with E-state index in [4.69, 9.17) is 4.74 Å². The lowest BCUT2D eigenvalue weighted by atomic mass is 10.2. The number of sulfone groups is 1. The predicted octanol–water partition coefficient (Wildman–Crippen LogP) is 1.49. The van der Waals surface area contributed by atoms with Crippen LogP contribution in [0, 0.1) is 0 Å². The molecule has 2 N–H and O–H groups in total. The molecule has 118 valence electrons. The topological polar surface area (TPSA) is 75.6 Å². The first-order valence-electron chi connectivity index (χ1n) is 6.96. The van der Waals surface area contributed by atoms with Gasteiger partial charge >= 0.3 is 0 Å². The smallest absolute Gasteiger partial charge is 0.156 e. The Bertz CT molecular complexity index is 591. The fraction of sp³-hybridized carbons (Fsp3) is 0.571. The van der Waals surface area contributed by atoms with Crippen LogP contribution in [0.1, 0.15) is 18.9 Å². The monoisotopic (exact) mass is 377 g/mol. The number of aliphatic hydroxyl groups is 1. The Balaban J connectivity index is 2.15. The number of benzene rings is 1. The van der Waals surface area contributed by atoms with Gasteiger partial charge in [0.25, 0.3) is 0 Å². The molecule has 7 heteroatoms. The van der Waals surface area contributed by atoms with Crippen molar-refractivity contribution in [1.29, 1.82) is 0 Å². The quantitative estimate of drug-likeness (QED) is 0.734. The number of nitrogens with one attached hydrogen (secondary N) is 1. The Labute approximate surface area is 133 Å². The van der Waals surface area contributed by atoms with Gasteiger partial charge in [-0.25, -0.2) is 8.42 Å². The summed E-state index contributed by atoms with van der Waals surface area (Å²) in [5.41, 5.74) is 0.939. The van der Waals surface area contributed by atoms with E-state index in [1.165, 1.54) is 0 Å². The lowest BCUT2D eigenvalue weighted by Gasteiger charge is -2.20. The number of para-hydroxylation sites is 1. The van der Waals surface area contributed by atoms with Crippen LogP contribution in [0.4, 0.5) is 0 Å². The van der Waals surface area contributed by atoms with E-state index in [1.807, 2.05) is 18.2 Å². The molecule has 0 bridgehead atoms. The molecular weight excluding hydrogens is 358 g/mol. The van der Waals surface area contributed by atoms with E-state index in [1.54, 1.807) is 0 Å². The minimum atomic E-state index is -3.22. The molecule has 0 spiro atoms. The summed E-state index contributed by atoms with van der Waals surface area (Å²) < 4.78 is 29.7. The second-order valence-electron chi connectivity index (χ2n) is 5.21. The number of aliphatic hydroxyl groups excluding tert-OH is 1. The first-order valence-corrected chi connectivity index (χ1v) is 9.57. The van der Waals surface area contributed by atoms with E-state index in [-0.39, 0.29) is 11.5 Å². The molecule has 0 aliphatic carbocycles. The Morgan fingerprint density at radius 3 is 2.81 bits per heavy atom. The van der Waals surface area contributed by atoms with Crippen molar-refractivity contribution in [3.63, 3.8) is 0 Å². The normalized spacial score (nSPS) is 24.1. The van der Waals surface area contributed by atoms with Crippen LogP contribution in [0.15, 0.2) is 22.7 Å². The zero-order chi connectivity index (χ0) is 15.5. The van der Waals surface area contributed by atoms with Crippen molar-refractivity contribution in [3.8, 4) is 5.75 Å².